The molecule has 3 N–H and O–H groups in total. The predicted octanol–water partition coefficient (Wildman–Crippen LogP) is 2.40. The van der Waals surface area contributed by atoms with E-state index in [4.69, 9.17) is 9.47 Å². The largest absolute Gasteiger partial charge is 0.491 e. The normalized spacial score (nSPS) is 19.1. The van der Waals surface area contributed by atoms with E-state index < -0.39 is 5.82 Å². The topological polar surface area (TPSA) is 97.6 Å². The van der Waals surface area contributed by atoms with Crippen LogP contribution in [-0.2, 0) is 7.05 Å². The van der Waals surface area contributed by atoms with Gasteiger partial charge in [-0.05, 0) is 12.6 Å². The van der Waals surface area contributed by atoms with Crippen LogP contribution in [0.3, 0.4) is 0 Å². The van der Waals surface area contributed by atoms with E-state index in [9.17, 15) is 4.39 Å². The maximum absolute atomic E-state index is 14.5. The van der Waals surface area contributed by atoms with E-state index in [1.807, 2.05) is 38.4 Å². The number of rotatable bonds is 9. The van der Waals surface area contributed by atoms with Gasteiger partial charge in [-0.25, -0.2) is 9.37 Å². The molecule has 0 aromatic carbocycles. The summed E-state index contributed by atoms with van der Waals surface area (Å²) in [5.41, 5.74) is 1.00. The van der Waals surface area contributed by atoms with E-state index in [1.165, 1.54) is 12.3 Å². The zero-order valence-electron chi connectivity index (χ0n) is 17.9. The number of hydrogen-bond acceptors (Lipinski definition) is 8. The lowest BCUT2D eigenvalue weighted by molar-refractivity contribution is 0.220. The van der Waals surface area contributed by atoms with Crippen LogP contribution in [0.4, 0.5) is 10.2 Å². The quantitative estimate of drug-likeness (QED) is 0.388. The molecule has 11 heteroatoms. The zero-order chi connectivity index (χ0) is 21.6. The van der Waals surface area contributed by atoms with E-state index in [0.717, 1.165) is 23.8 Å². The molecule has 2 aromatic heterocycles. The highest BCUT2D eigenvalue weighted by molar-refractivity contribution is 5.85. The molecule has 1 aliphatic heterocycles. The summed E-state index contributed by atoms with van der Waals surface area (Å²) in [5.74, 6) is 1.28. The van der Waals surface area contributed by atoms with Crippen LogP contribution in [-0.4, -0.2) is 52.9 Å². The van der Waals surface area contributed by atoms with Gasteiger partial charge in [-0.2, -0.15) is 5.10 Å². The molecular weight excluding hydrogens is 437 g/mol. The fourth-order valence-corrected chi connectivity index (χ4v) is 3.36. The molecular formula is C21H27ClFN7O2. The molecule has 0 amide bonds. The summed E-state index contributed by atoms with van der Waals surface area (Å²) >= 11 is 0. The van der Waals surface area contributed by atoms with Crippen LogP contribution >= 0.6 is 12.4 Å². The second-order valence-electron chi connectivity index (χ2n) is 7.17. The van der Waals surface area contributed by atoms with Crippen molar-refractivity contribution in [3.05, 3.63) is 53.9 Å². The molecule has 4 rings (SSSR count). The number of aromatic nitrogens is 3. The zero-order valence-corrected chi connectivity index (χ0v) is 18.7. The first-order chi connectivity index (χ1) is 15.1. The number of fused-ring (bicyclic) bond motifs is 1. The molecule has 2 atom stereocenters. The number of likely N-dealkylation sites (N-methyl/N-ethyl adjacent to an activating group) is 1. The standard InChI is InChI=1S/C21H26FN7O2.ClH/c1-3-23-7-9-30-15-11-17(22)21(24-12-15)31-14-4-5-18-16(10-14)20(26-13-25-18)27-19-6-8-29(2)28-19;/h4-6,8,11-14,18,23H,3,7,9-10H2,1-2H3,(H,25,26)(H,27,28);1H. The molecule has 0 bridgehead atoms. The van der Waals surface area contributed by atoms with Crippen molar-refractivity contribution in [2.24, 2.45) is 12.0 Å². The monoisotopic (exact) mass is 463 g/mol. The molecule has 2 aromatic rings. The van der Waals surface area contributed by atoms with Crippen molar-refractivity contribution in [2.75, 3.05) is 25.0 Å². The molecule has 0 radical (unpaired) electrons. The first-order valence-electron chi connectivity index (χ1n) is 10.2. The van der Waals surface area contributed by atoms with Gasteiger partial charge in [0.25, 0.3) is 5.88 Å². The van der Waals surface area contributed by atoms with Crippen LogP contribution in [0.15, 0.2) is 53.1 Å². The second kappa shape index (κ2) is 11.0. The summed E-state index contributed by atoms with van der Waals surface area (Å²) in [7, 11) is 1.86. The molecule has 2 unspecified atom stereocenters. The van der Waals surface area contributed by atoms with E-state index in [0.29, 0.717) is 25.3 Å². The molecule has 0 spiro atoms. The third-order valence-electron chi connectivity index (χ3n) is 4.86. The summed E-state index contributed by atoms with van der Waals surface area (Å²) in [6.45, 7) is 3.99. The Morgan fingerprint density at radius 1 is 1.34 bits per heavy atom. The Labute approximate surface area is 192 Å². The smallest absolute Gasteiger partial charge is 0.251 e. The van der Waals surface area contributed by atoms with Crippen LogP contribution in [0.25, 0.3) is 0 Å². The van der Waals surface area contributed by atoms with Gasteiger partial charge in [-0.15, -0.1) is 12.4 Å². The van der Waals surface area contributed by atoms with E-state index in [1.54, 1.807) is 11.0 Å². The number of aryl methyl sites for hydroxylation is 1. The first-order valence-corrected chi connectivity index (χ1v) is 10.2. The Morgan fingerprint density at radius 2 is 2.22 bits per heavy atom. The SMILES string of the molecule is CCNCCOc1cnc(OC2C=CC3N=CNC(Nc4ccn(C)n4)=C3C2)c(F)c1.Cl. The molecule has 0 saturated heterocycles. The molecule has 172 valence electrons. The Hall–Kier alpha value is -3.11. The summed E-state index contributed by atoms with van der Waals surface area (Å²) in [6.07, 6.45) is 8.97. The fourth-order valence-electron chi connectivity index (χ4n) is 3.36. The fraction of sp³-hybridized carbons (Fsp3) is 0.381. The summed E-state index contributed by atoms with van der Waals surface area (Å²) in [6, 6.07) is 3.07. The third-order valence-corrected chi connectivity index (χ3v) is 4.86. The number of anilines is 1. The second-order valence-corrected chi connectivity index (χ2v) is 7.17. The summed E-state index contributed by atoms with van der Waals surface area (Å²) < 4.78 is 27.5. The Morgan fingerprint density at radius 3 is 2.97 bits per heavy atom. The number of hydrogen-bond donors (Lipinski definition) is 3. The van der Waals surface area contributed by atoms with Gasteiger partial charge in [-0.3, -0.25) is 9.67 Å². The molecule has 0 saturated carbocycles. The minimum Gasteiger partial charge on any atom is -0.491 e. The Balaban J connectivity index is 0.00000289. The number of ether oxygens (including phenoxy) is 2. The van der Waals surface area contributed by atoms with Crippen LogP contribution in [0.5, 0.6) is 11.6 Å². The van der Waals surface area contributed by atoms with Gasteiger partial charge in [0.05, 0.1) is 18.6 Å². The Kier molecular flexibility index (Phi) is 8.07. The molecule has 1 aliphatic carbocycles. The Bertz CT molecular complexity index is 1010. The molecule has 3 heterocycles. The minimum absolute atomic E-state index is 0. The van der Waals surface area contributed by atoms with Gasteiger partial charge in [0.1, 0.15) is 24.3 Å². The highest BCUT2D eigenvalue weighted by atomic mass is 35.5. The lowest BCUT2D eigenvalue weighted by Gasteiger charge is -2.29. The van der Waals surface area contributed by atoms with Gasteiger partial charge < -0.3 is 25.4 Å². The van der Waals surface area contributed by atoms with Gasteiger partial charge in [-0.1, -0.05) is 13.0 Å². The van der Waals surface area contributed by atoms with Crippen molar-refractivity contribution in [3.8, 4) is 11.6 Å². The number of pyridine rings is 1. The number of nitrogens with one attached hydrogen (secondary N) is 3. The lowest BCUT2D eigenvalue weighted by atomic mass is 9.93. The third kappa shape index (κ3) is 5.77. The average Bonchev–Trinajstić information content (AvgIpc) is 3.18. The van der Waals surface area contributed by atoms with E-state index >= 15 is 0 Å². The molecule has 9 nitrogen and oxygen atoms in total. The summed E-state index contributed by atoms with van der Waals surface area (Å²) in [4.78, 5) is 8.55. The van der Waals surface area contributed by atoms with Crippen molar-refractivity contribution in [3.63, 3.8) is 0 Å². The van der Waals surface area contributed by atoms with Crippen molar-refractivity contribution < 1.29 is 13.9 Å². The van der Waals surface area contributed by atoms with Gasteiger partial charge in [0, 0.05) is 43.9 Å². The minimum atomic E-state index is -0.558. The van der Waals surface area contributed by atoms with Gasteiger partial charge >= 0.3 is 0 Å². The average molecular weight is 464 g/mol. The van der Waals surface area contributed by atoms with Gasteiger partial charge in [0.2, 0.25) is 0 Å². The lowest BCUT2D eigenvalue weighted by Crippen LogP contribution is -2.34. The van der Waals surface area contributed by atoms with E-state index in [-0.39, 0.29) is 30.4 Å². The van der Waals surface area contributed by atoms with Crippen LogP contribution in [0.2, 0.25) is 0 Å². The maximum atomic E-state index is 14.5. The van der Waals surface area contributed by atoms with Crippen molar-refractivity contribution in [1.82, 2.24) is 25.4 Å². The highest BCUT2D eigenvalue weighted by Crippen LogP contribution is 2.29. The number of aliphatic imine (C=N–C) groups is 1. The van der Waals surface area contributed by atoms with Crippen LogP contribution < -0.4 is 25.4 Å². The van der Waals surface area contributed by atoms with Gasteiger partial charge in [0.15, 0.2) is 11.6 Å². The number of halogens is 2. The van der Waals surface area contributed by atoms with E-state index in [2.05, 4.69) is 31.0 Å². The molecule has 0 fully saturated rings. The highest BCUT2D eigenvalue weighted by Gasteiger charge is 2.27. The molecule has 2 aliphatic rings. The van der Waals surface area contributed by atoms with Crippen molar-refractivity contribution in [1.29, 1.82) is 0 Å². The predicted molar refractivity (Wildman–Crippen MR) is 123 cm³/mol. The number of nitrogens with zero attached hydrogens (tertiary/aromatic N) is 4. The molecule has 32 heavy (non-hydrogen) atoms. The maximum Gasteiger partial charge on any atom is 0.251 e. The van der Waals surface area contributed by atoms with Crippen LogP contribution in [0.1, 0.15) is 13.3 Å². The first kappa shape index (κ1) is 23.6. The summed E-state index contributed by atoms with van der Waals surface area (Å²) in [5, 5.41) is 13.9. The van der Waals surface area contributed by atoms with Crippen molar-refractivity contribution >= 4 is 24.6 Å². The van der Waals surface area contributed by atoms with Crippen LogP contribution in [0, 0.1) is 5.82 Å². The van der Waals surface area contributed by atoms with Crippen molar-refractivity contribution in [2.45, 2.75) is 25.5 Å².